The van der Waals surface area contributed by atoms with Crippen LogP contribution >= 0.6 is 0 Å². The van der Waals surface area contributed by atoms with Gasteiger partial charge in [-0.25, -0.2) is 4.39 Å². The Hall–Kier alpha value is -1.30. The Morgan fingerprint density at radius 1 is 1.21 bits per heavy atom. The minimum absolute atomic E-state index is 0.203. The van der Waals surface area contributed by atoms with Crippen LogP contribution in [0.2, 0.25) is 0 Å². The summed E-state index contributed by atoms with van der Waals surface area (Å²) < 4.78 is 51.0. The van der Waals surface area contributed by atoms with Gasteiger partial charge in [-0.3, -0.25) is 0 Å². The zero-order valence-electron chi connectivity index (χ0n) is 10.2. The normalized spacial score (nSPS) is 22.3. The number of benzene rings is 1. The van der Waals surface area contributed by atoms with Crippen LogP contribution < -0.4 is 10.6 Å². The molecule has 19 heavy (non-hydrogen) atoms. The van der Waals surface area contributed by atoms with Crippen molar-refractivity contribution in [2.75, 3.05) is 18.0 Å². The third-order valence-electron chi connectivity index (χ3n) is 3.98. The molecule has 0 unspecified atom stereocenters. The van der Waals surface area contributed by atoms with Crippen molar-refractivity contribution in [1.29, 1.82) is 0 Å². The molecule has 0 aromatic heterocycles. The van der Waals surface area contributed by atoms with Crippen LogP contribution in [0.1, 0.15) is 18.4 Å². The molecule has 0 atom stereocenters. The minimum Gasteiger partial charge on any atom is -0.365 e. The molecule has 1 saturated heterocycles. The highest BCUT2D eigenvalue weighted by atomic mass is 19.4. The molecule has 0 radical (unpaired) electrons. The Morgan fingerprint density at radius 3 is 2.32 bits per heavy atom. The summed E-state index contributed by atoms with van der Waals surface area (Å²) in [4.78, 5) is 1.70. The first kappa shape index (κ1) is 12.7. The molecule has 0 amide bonds. The van der Waals surface area contributed by atoms with Crippen molar-refractivity contribution in [3.05, 3.63) is 29.6 Å². The van der Waals surface area contributed by atoms with E-state index in [2.05, 4.69) is 0 Å². The van der Waals surface area contributed by atoms with E-state index in [-0.39, 0.29) is 11.2 Å². The predicted molar refractivity (Wildman–Crippen MR) is 63.3 cm³/mol. The highest BCUT2D eigenvalue weighted by Gasteiger charge is 2.50. The summed E-state index contributed by atoms with van der Waals surface area (Å²) in [6, 6.07) is 2.64. The number of hydrogen-bond acceptors (Lipinski definition) is 2. The lowest BCUT2D eigenvalue weighted by molar-refractivity contribution is -0.137. The van der Waals surface area contributed by atoms with Crippen LogP contribution in [0, 0.1) is 11.7 Å². The Balaban J connectivity index is 1.76. The molecule has 2 aliphatic rings. The lowest BCUT2D eigenvalue weighted by Crippen LogP contribution is -2.69. The van der Waals surface area contributed by atoms with E-state index in [9.17, 15) is 17.6 Å². The number of rotatable bonds is 2. The van der Waals surface area contributed by atoms with Crippen molar-refractivity contribution in [2.24, 2.45) is 11.7 Å². The maximum absolute atomic E-state index is 13.7. The van der Waals surface area contributed by atoms with Gasteiger partial charge in [0.05, 0.1) is 16.8 Å². The van der Waals surface area contributed by atoms with Crippen molar-refractivity contribution >= 4 is 5.69 Å². The molecule has 0 spiro atoms. The molecule has 1 saturated carbocycles. The van der Waals surface area contributed by atoms with Gasteiger partial charge in [0.2, 0.25) is 0 Å². The summed E-state index contributed by atoms with van der Waals surface area (Å²) in [5.74, 6) is -0.353. The molecule has 104 valence electrons. The first-order valence-corrected chi connectivity index (χ1v) is 6.20. The minimum atomic E-state index is -4.51. The smallest absolute Gasteiger partial charge is 0.365 e. The zero-order valence-corrected chi connectivity index (χ0v) is 10.2. The van der Waals surface area contributed by atoms with E-state index in [1.165, 1.54) is 6.07 Å². The summed E-state index contributed by atoms with van der Waals surface area (Å²) >= 11 is 0. The first-order valence-electron chi connectivity index (χ1n) is 6.20. The van der Waals surface area contributed by atoms with Crippen LogP contribution in [0.15, 0.2) is 18.2 Å². The lowest BCUT2D eigenvalue weighted by Gasteiger charge is -2.49. The summed E-state index contributed by atoms with van der Waals surface area (Å²) in [6.45, 7) is 1.03. The Labute approximate surface area is 108 Å². The third-order valence-corrected chi connectivity index (χ3v) is 3.98. The van der Waals surface area contributed by atoms with Gasteiger partial charge in [0.1, 0.15) is 5.82 Å². The van der Waals surface area contributed by atoms with Crippen molar-refractivity contribution < 1.29 is 17.6 Å². The first-order chi connectivity index (χ1) is 8.79. The SMILES string of the molecule is NC1(C2CC2)CN(c2ccc(C(F)(F)F)cc2F)C1. The van der Waals surface area contributed by atoms with Gasteiger partial charge in [-0.05, 0) is 37.0 Å². The maximum atomic E-state index is 13.7. The van der Waals surface area contributed by atoms with Crippen molar-refractivity contribution in [3.8, 4) is 0 Å². The van der Waals surface area contributed by atoms with Crippen LogP contribution in [0.4, 0.5) is 23.2 Å². The van der Waals surface area contributed by atoms with Gasteiger partial charge in [-0.2, -0.15) is 13.2 Å². The monoisotopic (exact) mass is 274 g/mol. The van der Waals surface area contributed by atoms with Crippen molar-refractivity contribution in [2.45, 2.75) is 24.6 Å². The number of hydrogen-bond donors (Lipinski definition) is 1. The Bertz CT molecular complexity index is 502. The van der Waals surface area contributed by atoms with E-state index in [1.807, 2.05) is 0 Å². The molecular formula is C13H14F4N2. The molecule has 0 bridgehead atoms. The zero-order chi connectivity index (χ0) is 13.8. The van der Waals surface area contributed by atoms with E-state index in [1.54, 1.807) is 4.90 Å². The molecular weight excluding hydrogens is 260 g/mol. The standard InChI is InChI=1S/C13H14F4N2/c14-10-5-9(13(15,16)17)3-4-11(10)19-6-12(18,7-19)8-1-2-8/h3-5,8H,1-2,6-7,18H2. The summed E-state index contributed by atoms with van der Waals surface area (Å²) in [6.07, 6.45) is -2.32. The van der Waals surface area contributed by atoms with Crippen LogP contribution in [-0.4, -0.2) is 18.6 Å². The van der Waals surface area contributed by atoms with Crippen molar-refractivity contribution in [1.82, 2.24) is 0 Å². The molecule has 1 aliphatic heterocycles. The van der Waals surface area contributed by atoms with Crippen LogP contribution in [0.25, 0.3) is 0 Å². The largest absolute Gasteiger partial charge is 0.416 e. The van der Waals surface area contributed by atoms with E-state index in [0.29, 0.717) is 25.1 Å². The number of nitrogens with zero attached hydrogens (tertiary/aromatic N) is 1. The molecule has 3 rings (SSSR count). The number of nitrogens with two attached hydrogens (primary N) is 1. The Morgan fingerprint density at radius 2 is 1.84 bits per heavy atom. The van der Waals surface area contributed by atoms with Crippen LogP contribution in [-0.2, 0) is 6.18 Å². The van der Waals surface area contributed by atoms with E-state index in [4.69, 9.17) is 5.73 Å². The van der Waals surface area contributed by atoms with E-state index in [0.717, 1.165) is 18.9 Å². The fraction of sp³-hybridized carbons (Fsp3) is 0.538. The van der Waals surface area contributed by atoms with Gasteiger partial charge in [0, 0.05) is 13.1 Å². The van der Waals surface area contributed by atoms with Gasteiger partial charge in [-0.15, -0.1) is 0 Å². The topological polar surface area (TPSA) is 29.3 Å². The van der Waals surface area contributed by atoms with E-state index >= 15 is 0 Å². The van der Waals surface area contributed by atoms with Gasteiger partial charge in [-0.1, -0.05) is 0 Å². The second-order valence-electron chi connectivity index (χ2n) is 5.53. The molecule has 1 aromatic rings. The molecule has 6 heteroatoms. The quantitative estimate of drug-likeness (QED) is 0.840. The van der Waals surface area contributed by atoms with Crippen LogP contribution in [0.3, 0.4) is 0 Å². The molecule has 2 nitrogen and oxygen atoms in total. The van der Waals surface area contributed by atoms with Crippen molar-refractivity contribution in [3.63, 3.8) is 0 Å². The molecule has 1 aromatic carbocycles. The van der Waals surface area contributed by atoms with E-state index < -0.39 is 17.6 Å². The molecule has 2 N–H and O–H groups in total. The highest BCUT2D eigenvalue weighted by molar-refractivity contribution is 5.53. The number of anilines is 1. The highest BCUT2D eigenvalue weighted by Crippen LogP contribution is 2.44. The van der Waals surface area contributed by atoms with Gasteiger partial charge < -0.3 is 10.6 Å². The Kier molecular flexibility index (Phi) is 2.58. The lowest BCUT2D eigenvalue weighted by atomic mass is 9.85. The second-order valence-corrected chi connectivity index (χ2v) is 5.53. The fourth-order valence-corrected chi connectivity index (χ4v) is 2.69. The second kappa shape index (κ2) is 3.85. The summed E-state index contributed by atoms with van der Waals surface area (Å²) in [5.41, 5.74) is 5.10. The molecule has 1 heterocycles. The fourth-order valence-electron chi connectivity index (χ4n) is 2.69. The number of alkyl halides is 3. The number of halogens is 4. The third kappa shape index (κ3) is 2.18. The van der Waals surface area contributed by atoms with Gasteiger partial charge in [0.15, 0.2) is 0 Å². The summed E-state index contributed by atoms with van der Waals surface area (Å²) in [5, 5.41) is 0. The average molecular weight is 274 g/mol. The maximum Gasteiger partial charge on any atom is 0.416 e. The van der Waals surface area contributed by atoms with Gasteiger partial charge in [0.25, 0.3) is 0 Å². The molecule has 2 fully saturated rings. The summed E-state index contributed by atoms with van der Waals surface area (Å²) in [7, 11) is 0. The van der Waals surface area contributed by atoms with Crippen LogP contribution in [0.5, 0.6) is 0 Å². The van der Waals surface area contributed by atoms with Gasteiger partial charge >= 0.3 is 6.18 Å². The average Bonchev–Trinajstić information content (AvgIpc) is 3.07. The predicted octanol–water partition coefficient (Wildman–Crippen LogP) is 2.77. The molecule has 1 aliphatic carbocycles.